The third-order valence-electron chi connectivity index (χ3n) is 5.15. The van der Waals surface area contributed by atoms with E-state index < -0.39 is 0 Å². The van der Waals surface area contributed by atoms with Crippen molar-refractivity contribution in [3.05, 3.63) is 120 Å². The lowest BCUT2D eigenvalue weighted by Gasteiger charge is -2.17. The van der Waals surface area contributed by atoms with E-state index in [2.05, 4.69) is 65.6 Å². The van der Waals surface area contributed by atoms with E-state index in [4.69, 9.17) is 16.3 Å². The molecule has 0 spiro atoms. The van der Waals surface area contributed by atoms with E-state index in [1.165, 1.54) is 22.3 Å². The van der Waals surface area contributed by atoms with Crippen molar-refractivity contribution in [2.45, 2.75) is 13.0 Å². The van der Waals surface area contributed by atoms with E-state index in [0.29, 0.717) is 12.5 Å². The number of nitrogens with zero attached hydrogens (tertiary/aromatic N) is 2. The lowest BCUT2D eigenvalue weighted by Crippen LogP contribution is -2.06. The highest BCUT2D eigenvalue weighted by molar-refractivity contribution is 6.18. The summed E-state index contributed by atoms with van der Waals surface area (Å²) in [5, 5.41) is 0. The number of imidazole rings is 1. The summed E-state index contributed by atoms with van der Waals surface area (Å²) in [7, 11) is 0. The van der Waals surface area contributed by atoms with Crippen LogP contribution in [0, 0.1) is 0 Å². The Balaban J connectivity index is 1.65. The summed E-state index contributed by atoms with van der Waals surface area (Å²) in [6.45, 7) is 1.36. The zero-order valence-electron chi connectivity index (χ0n) is 17.3. The summed E-state index contributed by atoms with van der Waals surface area (Å²) >= 11 is 6.23. The van der Waals surface area contributed by atoms with Crippen molar-refractivity contribution in [2.24, 2.45) is 0 Å². The van der Waals surface area contributed by atoms with Crippen molar-refractivity contribution >= 4 is 22.7 Å². The fourth-order valence-electron chi connectivity index (χ4n) is 3.67. The summed E-state index contributed by atoms with van der Waals surface area (Å²) in [5.74, 6) is 1.42. The Morgan fingerprint density at radius 2 is 1.45 bits per heavy atom. The Labute approximate surface area is 188 Å². The van der Waals surface area contributed by atoms with E-state index in [0.717, 1.165) is 24.3 Å². The molecule has 4 rings (SSSR count). The largest absolute Gasteiger partial charge is 0.492 e. The zero-order chi connectivity index (χ0) is 21.3. The van der Waals surface area contributed by atoms with Crippen molar-refractivity contribution in [3.8, 4) is 5.75 Å². The van der Waals surface area contributed by atoms with Crippen LogP contribution in [0.1, 0.15) is 23.1 Å². The molecule has 4 aromatic rings. The maximum atomic E-state index is 6.23. The quantitative estimate of drug-likeness (QED) is 0.223. The van der Waals surface area contributed by atoms with Crippen LogP contribution >= 0.6 is 11.6 Å². The van der Waals surface area contributed by atoms with Gasteiger partial charge in [0.15, 0.2) is 0 Å². The van der Waals surface area contributed by atoms with E-state index in [-0.39, 0.29) is 0 Å². The molecule has 0 fully saturated rings. The molecule has 3 nitrogen and oxygen atoms in total. The van der Waals surface area contributed by atoms with Gasteiger partial charge in [0, 0.05) is 18.3 Å². The first-order valence-corrected chi connectivity index (χ1v) is 11.0. The molecule has 1 aromatic heterocycles. The Bertz CT molecular complexity index is 1090. The Morgan fingerprint density at radius 3 is 2.06 bits per heavy atom. The Hall–Kier alpha value is -3.30. The van der Waals surface area contributed by atoms with Gasteiger partial charge in [0.2, 0.25) is 0 Å². The average Bonchev–Trinajstić information content (AvgIpc) is 3.35. The molecule has 0 saturated carbocycles. The van der Waals surface area contributed by atoms with Crippen molar-refractivity contribution < 1.29 is 4.74 Å². The lowest BCUT2D eigenvalue weighted by atomic mass is 9.88. The third kappa shape index (κ3) is 5.44. The number of hydrogen-bond acceptors (Lipinski definition) is 2. The van der Waals surface area contributed by atoms with Crippen molar-refractivity contribution in [1.29, 1.82) is 0 Å². The van der Waals surface area contributed by atoms with E-state index in [9.17, 15) is 0 Å². The second-order valence-corrected chi connectivity index (χ2v) is 7.58. The molecule has 0 radical (unpaired) electrons. The standard InChI is InChI=1S/C27H25ClN2O/c28-16-15-26(22-7-3-1-4-8-22)27(23-9-5-2-6-10-23)24-11-13-25(14-12-24)31-20-19-30-18-17-29-21-30/h1-14,17-18,21H,15-16,19-20H2. The molecule has 3 aromatic carbocycles. The van der Waals surface area contributed by atoms with Crippen LogP contribution in [0.4, 0.5) is 0 Å². The molecule has 0 aliphatic rings. The van der Waals surface area contributed by atoms with Crippen molar-refractivity contribution in [2.75, 3.05) is 12.5 Å². The summed E-state index contributed by atoms with van der Waals surface area (Å²) in [4.78, 5) is 4.06. The van der Waals surface area contributed by atoms with Crippen LogP contribution < -0.4 is 4.74 Å². The number of alkyl halides is 1. The van der Waals surface area contributed by atoms with Gasteiger partial charge in [-0.3, -0.25) is 0 Å². The lowest BCUT2D eigenvalue weighted by molar-refractivity contribution is 0.298. The van der Waals surface area contributed by atoms with Gasteiger partial charge in [-0.1, -0.05) is 72.8 Å². The van der Waals surface area contributed by atoms with Crippen LogP contribution in [0.2, 0.25) is 0 Å². The molecule has 4 heteroatoms. The average molecular weight is 429 g/mol. The van der Waals surface area contributed by atoms with Gasteiger partial charge in [-0.2, -0.15) is 0 Å². The fourth-order valence-corrected chi connectivity index (χ4v) is 3.86. The topological polar surface area (TPSA) is 27.1 Å². The van der Waals surface area contributed by atoms with Crippen LogP contribution in [0.25, 0.3) is 11.1 Å². The molecule has 0 N–H and O–H groups in total. The minimum absolute atomic E-state index is 0.565. The van der Waals surface area contributed by atoms with Crippen LogP contribution in [-0.2, 0) is 6.54 Å². The second kappa shape index (κ2) is 10.6. The Kier molecular flexibility index (Phi) is 7.20. The number of rotatable bonds is 9. The first-order valence-electron chi connectivity index (χ1n) is 10.4. The molecule has 0 bridgehead atoms. The fraction of sp³-hybridized carbons (Fsp3) is 0.148. The number of halogens is 1. The molecule has 0 aliphatic carbocycles. The number of hydrogen-bond donors (Lipinski definition) is 0. The van der Waals surface area contributed by atoms with Crippen molar-refractivity contribution in [3.63, 3.8) is 0 Å². The monoisotopic (exact) mass is 428 g/mol. The maximum absolute atomic E-state index is 6.23. The van der Waals surface area contributed by atoms with E-state index in [1.54, 1.807) is 12.5 Å². The molecular formula is C27H25ClN2O. The van der Waals surface area contributed by atoms with Gasteiger partial charge in [-0.25, -0.2) is 4.98 Å². The van der Waals surface area contributed by atoms with Gasteiger partial charge in [0.05, 0.1) is 12.9 Å². The number of ether oxygens (including phenoxy) is 1. The molecule has 0 saturated heterocycles. The van der Waals surface area contributed by atoms with E-state index in [1.807, 2.05) is 35.0 Å². The molecule has 0 atom stereocenters. The summed E-state index contributed by atoms with van der Waals surface area (Å²) < 4.78 is 7.93. The smallest absolute Gasteiger partial charge is 0.119 e. The number of allylic oxidation sites excluding steroid dienone is 1. The maximum Gasteiger partial charge on any atom is 0.119 e. The third-order valence-corrected chi connectivity index (χ3v) is 5.34. The summed E-state index contributed by atoms with van der Waals surface area (Å²) in [6, 6.07) is 29.3. The van der Waals surface area contributed by atoms with Gasteiger partial charge < -0.3 is 9.30 Å². The minimum atomic E-state index is 0.565. The highest BCUT2D eigenvalue weighted by atomic mass is 35.5. The molecule has 31 heavy (non-hydrogen) atoms. The molecule has 0 unspecified atom stereocenters. The number of benzene rings is 3. The molecule has 0 amide bonds. The van der Waals surface area contributed by atoms with Crippen LogP contribution in [-0.4, -0.2) is 22.0 Å². The van der Waals surface area contributed by atoms with E-state index >= 15 is 0 Å². The first-order chi connectivity index (χ1) is 15.3. The molecular weight excluding hydrogens is 404 g/mol. The zero-order valence-corrected chi connectivity index (χ0v) is 18.1. The normalized spacial score (nSPS) is 11.8. The number of aromatic nitrogens is 2. The molecule has 156 valence electrons. The second-order valence-electron chi connectivity index (χ2n) is 7.20. The van der Waals surface area contributed by atoms with Gasteiger partial charge in [-0.05, 0) is 46.4 Å². The molecule has 1 heterocycles. The van der Waals surface area contributed by atoms with Crippen LogP contribution in [0.15, 0.2) is 104 Å². The molecule has 0 aliphatic heterocycles. The van der Waals surface area contributed by atoms with Crippen LogP contribution in [0.5, 0.6) is 5.75 Å². The van der Waals surface area contributed by atoms with Gasteiger partial charge in [-0.15, -0.1) is 11.6 Å². The van der Waals surface area contributed by atoms with Crippen molar-refractivity contribution in [1.82, 2.24) is 9.55 Å². The first kappa shape index (κ1) is 21.0. The predicted octanol–water partition coefficient (Wildman–Crippen LogP) is 6.55. The SMILES string of the molecule is ClCCC(=C(c1ccccc1)c1ccc(OCCn2ccnc2)cc1)c1ccccc1. The summed E-state index contributed by atoms with van der Waals surface area (Å²) in [5.41, 5.74) is 5.98. The predicted molar refractivity (Wildman–Crippen MR) is 128 cm³/mol. The summed E-state index contributed by atoms with van der Waals surface area (Å²) in [6.07, 6.45) is 6.30. The van der Waals surface area contributed by atoms with Crippen LogP contribution in [0.3, 0.4) is 0 Å². The van der Waals surface area contributed by atoms with Gasteiger partial charge >= 0.3 is 0 Å². The van der Waals surface area contributed by atoms with Gasteiger partial charge in [0.1, 0.15) is 12.4 Å². The minimum Gasteiger partial charge on any atom is -0.492 e. The highest BCUT2D eigenvalue weighted by Gasteiger charge is 2.14. The van der Waals surface area contributed by atoms with Gasteiger partial charge in [0.25, 0.3) is 0 Å². The Morgan fingerprint density at radius 1 is 0.806 bits per heavy atom. The highest BCUT2D eigenvalue weighted by Crippen LogP contribution is 2.35.